The van der Waals surface area contributed by atoms with Gasteiger partial charge in [0.1, 0.15) is 0 Å². The summed E-state index contributed by atoms with van der Waals surface area (Å²) in [6, 6.07) is 10.2. The van der Waals surface area contributed by atoms with Gasteiger partial charge in [0.25, 0.3) is 5.91 Å². The molecule has 1 aromatic carbocycles. The summed E-state index contributed by atoms with van der Waals surface area (Å²) in [5, 5.41) is 9.45. The Bertz CT molecular complexity index is 1140. The minimum atomic E-state index is 0.0380. The molecule has 0 spiro atoms. The van der Waals surface area contributed by atoms with E-state index in [1.165, 1.54) is 38.5 Å². The lowest BCUT2D eigenvalue weighted by molar-refractivity contribution is -0.00783. The van der Waals surface area contributed by atoms with Crippen molar-refractivity contribution in [2.45, 2.75) is 50.5 Å². The van der Waals surface area contributed by atoms with Crippen molar-refractivity contribution in [3.8, 4) is 5.69 Å². The third-order valence-corrected chi connectivity index (χ3v) is 8.91. The minimum absolute atomic E-state index is 0.0380. The lowest BCUT2D eigenvalue weighted by Crippen LogP contribution is -2.49. The third-order valence-electron chi connectivity index (χ3n) is 8.25. The van der Waals surface area contributed by atoms with Crippen molar-refractivity contribution in [1.29, 1.82) is 0 Å². The lowest BCUT2D eigenvalue weighted by atomic mass is 9.48. The molecule has 4 saturated carbocycles. The number of aryl methyl sites for hydroxylation is 1. The first-order valence-electron chi connectivity index (χ1n) is 12.0. The normalized spacial score (nSPS) is 27.8. The van der Waals surface area contributed by atoms with Crippen molar-refractivity contribution in [2.24, 2.45) is 24.8 Å². The van der Waals surface area contributed by atoms with Gasteiger partial charge in [-0.25, -0.2) is 4.68 Å². The molecule has 7 rings (SSSR count). The van der Waals surface area contributed by atoms with E-state index in [-0.39, 0.29) is 11.3 Å². The molecule has 3 aromatic rings. The number of benzene rings is 1. The number of para-hydroxylation sites is 1. The maximum Gasteiger partial charge on any atom is 0.257 e. The highest BCUT2D eigenvalue weighted by molar-refractivity contribution is 9.10. The average molecular weight is 508 g/mol. The molecular formula is C26H30BrN5O. The van der Waals surface area contributed by atoms with Gasteiger partial charge in [-0.15, -0.1) is 0 Å². The van der Waals surface area contributed by atoms with E-state index in [4.69, 9.17) is 5.10 Å². The number of hydrogen-bond acceptors (Lipinski definition) is 3. The molecule has 7 heteroatoms. The Balaban J connectivity index is 1.40. The Morgan fingerprint density at radius 1 is 1.12 bits per heavy atom. The van der Waals surface area contributed by atoms with Gasteiger partial charge >= 0.3 is 0 Å². The summed E-state index contributed by atoms with van der Waals surface area (Å²) in [6.07, 6.45) is 11.4. The first-order chi connectivity index (χ1) is 15.9. The molecule has 4 bridgehead atoms. The Kier molecular flexibility index (Phi) is 5.02. The first-order valence-corrected chi connectivity index (χ1v) is 12.8. The van der Waals surface area contributed by atoms with E-state index in [0.717, 1.165) is 44.9 Å². The van der Waals surface area contributed by atoms with Crippen LogP contribution in [0.25, 0.3) is 5.69 Å². The number of rotatable bonds is 5. The molecule has 33 heavy (non-hydrogen) atoms. The second-order valence-electron chi connectivity index (χ2n) is 10.6. The molecule has 172 valence electrons. The Labute approximate surface area is 203 Å². The molecule has 4 aliphatic carbocycles. The van der Waals surface area contributed by atoms with Crippen LogP contribution in [0.5, 0.6) is 0 Å². The first kappa shape index (κ1) is 21.1. The van der Waals surface area contributed by atoms with Crippen LogP contribution in [0.4, 0.5) is 0 Å². The Hall–Kier alpha value is -2.41. The molecule has 0 N–H and O–H groups in total. The molecule has 0 aliphatic heterocycles. The highest BCUT2D eigenvalue weighted by Crippen LogP contribution is 2.61. The second kappa shape index (κ2) is 7.83. The monoisotopic (exact) mass is 507 g/mol. The van der Waals surface area contributed by atoms with E-state index >= 15 is 0 Å². The van der Waals surface area contributed by atoms with Gasteiger partial charge < -0.3 is 4.90 Å². The topological polar surface area (TPSA) is 56.0 Å². The highest BCUT2D eigenvalue weighted by atomic mass is 79.9. The number of halogens is 1. The quantitative estimate of drug-likeness (QED) is 0.482. The summed E-state index contributed by atoms with van der Waals surface area (Å²) in [6.45, 7) is 0.493. The van der Waals surface area contributed by atoms with Gasteiger partial charge in [-0.05, 0) is 84.3 Å². The van der Waals surface area contributed by atoms with Crippen LogP contribution < -0.4 is 0 Å². The molecule has 0 atom stereocenters. The zero-order chi connectivity index (χ0) is 22.7. The number of hydrogen-bond donors (Lipinski definition) is 0. The van der Waals surface area contributed by atoms with Crippen molar-refractivity contribution >= 4 is 21.8 Å². The van der Waals surface area contributed by atoms with Crippen molar-refractivity contribution in [3.05, 3.63) is 64.1 Å². The van der Waals surface area contributed by atoms with Gasteiger partial charge in [0.2, 0.25) is 0 Å². The molecule has 4 fully saturated rings. The SMILES string of the molecule is CN(Cc1c(Br)cnn1C)C(=O)c1cn(-c2ccccc2)nc1C12CC3CC(CC(C3)C1)C2. The molecule has 6 nitrogen and oxygen atoms in total. The summed E-state index contributed by atoms with van der Waals surface area (Å²) < 4.78 is 4.67. The Morgan fingerprint density at radius 2 is 1.76 bits per heavy atom. The summed E-state index contributed by atoms with van der Waals surface area (Å²) >= 11 is 3.57. The van der Waals surface area contributed by atoms with Crippen LogP contribution in [0, 0.1) is 17.8 Å². The average Bonchev–Trinajstić information content (AvgIpc) is 3.38. The van der Waals surface area contributed by atoms with Crippen molar-refractivity contribution in [1.82, 2.24) is 24.5 Å². The fourth-order valence-corrected chi connectivity index (χ4v) is 7.63. The maximum absolute atomic E-state index is 13.9. The predicted octanol–water partition coefficient (Wildman–Crippen LogP) is 5.11. The zero-order valence-corrected chi connectivity index (χ0v) is 20.8. The number of amides is 1. The van der Waals surface area contributed by atoms with Gasteiger partial charge in [-0.2, -0.15) is 10.2 Å². The van der Waals surface area contributed by atoms with Crippen LogP contribution in [-0.2, 0) is 19.0 Å². The predicted molar refractivity (Wildman–Crippen MR) is 130 cm³/mol. The fourth-order valence-electron chi connectivity index (χ4n) is 7.15. The second-order valence-corrected chi connectivity index (χ2v) is 11.4. The largest absolute Gasteiger partial charge is 0.336 e. The van der Waals surface area contributed by atoms with Gasteiger partial charge in [-0.1, -0.05) is 18.2 Å². The maximum atomic E-state index is 13.9. The molecule has 2 aromatic heterocycles. The number of aromatic nitrogens is 4. The summed E-state index contributed by atoms with van der Waals surface area (Å²) in [5.74, 6) is 2.42. The highest BCUT2D eigenvalue weighted by Gasteiger charge is 2.54. The van der Waals surface area contributed by atoms with Crippen LogP contribution in [-0.4, -0.2) is 37.4 Å². The molecule has 1 amide bonds. The van der Waals surface area contributed by atoms with E-state index in [0.29, 0.717) is 6.54 Å². The van der Waals surface area contributed by atoms with E-state index in [1.54, 1.807) is 11.1 Å². The van der Waals surface area contributed by atoms with Crippen LogP contribution >= 0.6 is 15.9 Å². The molecule has 0 unspecified atom stereocenters. The van der Waals surface area contributed by atoms with Crippen molar-refractivity contribution < 1.29 is 4.79 Å². The van der Waals surface area contributed by atoms with Crippen LogP contribution in [0.2, 0.25) is 0 Å². The molecule has 0 saturated heterocycles. The summed E-state index contributed by atoms with van der Waals surface area (Å²) in [7, 11) is 3.79. The Morgan fingerprint density at radius 3 is 2.33 bits per heavy atom. The van der Waals surface area contributed by atoms with E-state index in [9.17, 15) is 4.79 Å². The molecule has 4 aliphatic rings. The van der Waals surface area contributed by atoms with Gasteiger partial charge in [0, 0.05) is 25.7 Å². The lowest BCUT2D eigenvalue weighted by Gasteiger charge is -2.56. The number of carbonyl (C=O) groups excluding carboxylic acids is 1. The van der Waals surface area contributed by atoms with Gasteiger partial charge in [0.15, 0.2) is 0 Å². The third kappa shape index (κ3) is 3.56. The van der Waals surface area contributed by atoms with E-state index in [1.807, 2.05) is 47.9 Å². The summed E-state index contributed by atoms with van der Waals surface area (Å²) in [4.78, 5) is 15.7. The van der Waals surface area contributed by atoms with Crippen LogP contribution in [0.3, 0.4) is 0 Å². The fraction of sp³-hybridized carbons (Fsp3) is 0.500. The van der Waals surface area contributed by atoms with Gasteiger partial charge in [0.05, 0.1) is 39.9 Å². The van der Waals surface area contributed by atoms with E-state index in [2.05, 4.69) is 33.2 Å². The smallest absolute Gasteiger partial charge is 0.257 e. The van der Waals surface area contributed by atoms with Crippen molar-refractivity contribution in [3.63, 3.8) is 0 Å². The minimum Gasteiger partial charge on any atom is -0.336 e. The van der Waals surface area contributed by atoms with Crippen LogP contribution in [0.1, 0.15) is 60.3 Å². The zero-order valence-electron chi connectivity index (χ0n) is 19.2. The van der Waals surface area contributed by atoms with Gasteiger partial charge in [-0.3, -0.25) is 9.48 Å². The number of carbonyl (C=O) groups is 1. The standard InChI is InChI=1S/C26H30BrN5O/c1-30(16-23-22(27)14-28-31(23)2)25(33)21-15-32(20-6-4-3-5-7-20)29-24(21)26-11-17-8-18(12-26)10-19(9-17)13-26/h3-7,14-15,17-19H,8-13,16H2,1-2H3. The molecular weight excluding hydrogens is 478 g/mol. The summed E-state index contributed by atoms with van der Waals surface area (Å²) in [5.41, 5.74) is 3.83. The molecule has 2 heterocycles. The number of nitrogens with zero attached hydrogens (tertiary/aromatic N) is 5. The molecule has 0 radical (unpaired) electrons. The van der Waals surface area contributed by atoms with E-state index < -0.39 is 0 Å². The van der Waals surface area contributed by atoms with Crippen LogP contribution in [0.15, 0.2) is 47.2 Å². The van der Waals surface area contributed by atoms with Crippen molar-refractivity contribution in [2.75, 3.05) is 7.05 Å².